The zero-order valence-electron chi connectivity index (χ0n) is 13.5. The van der Waals surface area contributed by atoms with Gasteiger partial charge in [0.05, 0.1) is 19.7 Å². The highest BCUT2D eigenvalue weighted by molar-refractivity contribution is 7.99. The van der Waals surface area contributed by atoms with Gasteiger partial charge < -0.3 is 9.64 Å². The molecular weight excluding hydrogens is 300 g/mol. The Morgan fingerprint density at radius 1 is 1.23 bits per heavy atom. The minimum atomic E-state index is -0.669. The number of likely N-dealkylation sites (N-methyl/N-ethyl adjacent to an activating group) is 1. The number of carbonyl (C=O) groups is 2. The van der Waals surface area contributed by atoms with Crippen molar-refractivity contribution < 1.29 is 19.2 Å². The molecule has 1 unspecified atom stereocenters. The molecule has 1 aromatic carbocycles. The fourth-order valence-corrected chi connectivity index (χ4v) is 2.85. The number of thioether (sulfide) groups is 1. The Hall–Kier alpha value is -1.53. The maximum atomic E-state index is 11.7. The van der Waals surface area contributed by atoms with Crippen LogP contribution in [0.1, 0.15) is 19.4 Å². The number of hydrogen-bond donors (Lipinski definition) is 2. The van der Waals surface area contributed by atoms with Crippen LogP contribution in [0.2, 0.25) is 0 Å². The first-order valence-corrected chi connectivity index (χ1v) is 8.53. The molecule has 0 bridgehead atoms. The quantitative estimate of drug-likeness (QED) is 0.707. The van der Waals surface area contributed by atoms with E-state index in [0.717, 1.165) is 23.7 Å². The molecule has 1 rings (SSSR count). The van der Waals surface area contributed by atoms with Crippen LogP contribution in [0.15, 0.2) is 29.2 Å². The molecule has 0 spiro atoms. The number of hydrogen-bond acceptors (Lipinski definition) is 4. The minimum Gasteiger partial charge on any atom is -0.450 e. The Balaban J connectivity index is 2.30. The number of quaternary nitrogens is 1. The molecule has 1 aromatic rings. The molecule has 0 saturated carbocycles. The topological polar surface area (TPSA) is 59.8 Å². The summed E-state index contributed by atoms with van der Waals surface area (Å²) in [6.07, 6.45) is -0.669. The second-order valence-corrected chi connectivity index (χ2v) is 6.13. The zero-order chi connectivity index (χ0) is 16.4. The van der Waals surface area contributed by atoms with Crippen molar-refractivity contribution in [1.29, 1.82) is 0 Å². The Kier molecular flexibility index (Phi) is 8.62. The molecule has 0 radical (unpaired) electrons. The van der Waals surface area contributed by atoms with Gasteiger partial charge in [-0.3, -0.25) is 10.1 Å². The summed E-state index contributed by atoms with van der Waals surface area (Å²) in [6.45, 7) is 8.05. The maximum absolute atomic E-state index is 11.7. The molecule has 6 heteroatoms. The zero-order valence-corrected chi connectivity index (χ0v) is 14.3. The number of alkyl carbamates (subject to hydrolysis) is 1. The monoisotopic (exact) mass is 325 g/mol. The second kappa shape index (κ2) is 10.2. The van der Waals surface area contributed by atoms with Crippen LogP contribution >= 0.6 is 11.8 Å². The number of carbonyl (C=O) groups excluding carboxylic acids is 2. The van der Waals surface area contributed by atoms with Gasteiger partial charge in [-0.2, -0.15) is 0 Å². The summed E-state index contributed by atoms with van der Waals surface area (Å²) in [5.74, 6) is 0.634. The number of ether oxygens (including phenoxy) is 1. The highest BCUT2D eigenvalue weighted by atomic mass is 32.2. The summed E-state index contributed by atoms with van der Waals surface area (Å²) in [4.78, 5) is 25.3. The van der Waals surface area contributed by atoms with Crippen LogP contribution in [0.3, 0.4) is 0 Å². The van der Waals surface area contributed by atoms with Gasteiger partial charge in [-0.15, -0.1) is 11.8 Å². The van der Waals surface area contributed by atoms with E-state index in [2.05, 4.69) is 36.5 Å². The summed E-state index contributed by atoms with van der Waals surface area (Å²) in [5.41, 5.74) is 1.25. The first kappa shape index (κ1) is 18.5. The van der Waals surface area contributed by atoms with E-state index in [1.54, 1.807) is 18.7 Å². The molecule has 0 saturated heterocycles. The lowest BCUT2D eigenvalue weighted by Gasteiger charge is -2.16. The minimum absolute atomic E-state index is 0.261. The SMILES string of the molecule is CCOC(=O)NC(=O)C[NH+](CC)CCSc1ccc(C)cc1. The molecular formula is C16H25N2O3S+. The molecule has 1 atom stereocenters. The molecule has 5 nitrogen and oxygen atoms in total. The van der Waals surface area contributed by atoms with Gasteiger partial charge in [0.1, 0.15) is 0 Å². The van der Waals surface area contributed by atoms with Crippen LogP contribution < -0.4 is 10.2 Å². The molecule has 122 valence electrons. The van der Waals surface area contributed by atoms with Crippen molar-refractivity contribution in [3.63, 3.8) is 0 Å². The summed E-state index contributed by atoms with van der Waals surface area (Å²) < 4.78 is 4.69. The first-order chi connectivity index (χ1) is 10.5. The van der Waals surface area contributed by atoms with Crippen molar-refractivity contribution in [1.82, 2.24) is 5.32 Å². The van der Waals surface area contributed by atoms with E-state index in [1.807, 2.05) is 6.92 Å². The van der Waals surface area contributed by atoms with Gasteiger partial charge in [0.15, 0.2) is 6.54 Å². The van der Waals surface area contributed by atoms with Crippen molar-refractivity contribution in [3.8, 4) is 0 Å². The molecule has 0 aromatic heterocycles. The predicted octanol–water partition coefficient (Wildman–Crippen LogP) is 1.26. The number of aryl methyl sites for hydroxylation is 1. The van der Waals surface area contributed by atoms with Gasteiger partial charge in [-0.05, 0) is 32.9 Å². The van der Waals surface area contributed by atoms with E-state index in [4.69, 9.17) is 4.74 Å². The number of rotatable bonds is 8. The first-order valence-electron chi connectivity index (χ1n) is 7.54. The second-order valence-electron chi connectivity index (χ2n) is 4.96. The number of imide groups is 1. The third-order valence-electron chi connectivity index (χ3n) is 3.17. The van der Waals surface area contributed by atoms with E-state index in [0.29, 0.717) is 0 Å². The molecule has 0 heterocycles. The molecule has 0 fully saturated rings. The highest BCUT2D eigenvalue weighted by Gasteiger charge is 2.15. The smallest absolute Gasteiger partial charge is 0.414 e. The van der Waals surface area contributed by atoms with E-state index < -0.39 is 6.09 Å². The van der Waals surface area contributed by atoms with Crippen molar-refractivity contribution in [2.75, 3.05) is 32.0 Å². The fourth-order valence-electron chi connectivity index (χ4n) is 1.89. The molecule has 0 aliphatic rings. The van der Waals surface area contributed by atoms with Crippen LogP contribution in [0.5, 0.6) is 0 Å². The molecule has 2 N–H and O–H groups in total. The lowest BCUT2D eigenvalue weighted by molar-refractivity contribution is -0.887. The van der Waals surface area contributed by atoms with Crippen molar-refractivity contribution in [2.45, 2.75) is 25.7 Å². The van der Waals surface area contributed by atoms with Gasteiger partial charge in [-0.1, -0.05) is 17.7 Å². The van der Waals surface area contributed by atoms with Crippen molar-refractivity contribution >= 4 is 23.8 Å². The van der Waals surface area contributed by atoms with Gasteiger partial charge >= 0.3 is 6.09 Å². The Morgan fingerprint density at radius 2 is 1.91 bits per heavy atom. The van der Waals surface area contributed by atoms with Crippen LogP contribution in [0.25, 0.3) is 0 Å². The van der Waals surface area contributed by atoms with Gasteiger partial charge in [0.2, 0.25) is 0 Å². The van der Waals surface area contributed by atoms with Crippen LogP contribution in [-0.4, -0.2) is 44.0 Å². The summed E-state index contributed by atoms with van der Waals surface area (Å²) in [5, 5.41) is 2.23. The predicted molar refractivity (Wildman–Crippen MR) is 88.3 cm³/mol. The molecule has 0 aliphatic heterocycles. The number of amides is 2. The summed E-state index contributed by atoms with van der Waals surface area (Å²) in [6, 6.07) is 8.41. The van der Waals surface area contributed by atoms with Gasteiger partial charge in [-0.25, -0.2) is 4.79 Å². The summed E-state index contributed by atoms with van der Waals surface area (Å²) >= 11 is 1.78. The standard InChI is InChI=1S/C16H24N2O3S/c1-4-18(12-15(19)17-16(20)21-5-2)10-11-22-14-8-6-13(3)7-9-14/h6-9H,4-5,10-12H2,1-3H3,(H,17,19,20)/p+1. The number of nitrogens with one attached hydrogen (secondary N) is 2. The normalized spacial score (nSPS) is 11.8. The van der Waals surface area contributed by atoms with Crippen LogP contribution in [0, 0.1) is 6.92 Å². The molecule has 2 amide bonds. The third kappa shape index (κ3) is 7.47. The fraction of sp³-hybridized carbons (Fsp3) is 0.500. The van der Waals surface area contributed by atoms with E-state index in [1.165, 1.54) is 10.5 Å². The third-order valence-corrected chi connectivity index (χ3v) is 4.19. The Labute approximate surface area is 136 Å². The number of benzene rings is 1. The van der Waals surface area contributed by atoms with Gasteiger partial charge in [0.25, 0.3) is 5.91 Å². The lowest BCUT2D eigenvalue weighted by Crippen LogP contribution is -3.13. The van der Waals surface area contributed by atoms with Crippen molar-refractivity contribution in [3.05, 3.63) is 29.8 Å². The average molecular weight is 325 g/mol. The molecule has 22 heavy (non-hydrogen) atoms. The van der Waals surface area contributed by atoms with Crippen LogP contribution in [0.4, 0.5) is 4.79 Å². The summed E-state index contributed by atoms with van der Waals surface area (Å²) in [7, 11) is 0. The van der Waals surface area contributed by atoms with E-state index in [-0.39, 0.29) is 19.1 Å². The largest absolute Gasteiger partial charge is 0.450 e. The Morgan fingerprint density at radius 3 is 2.50 bits per heavy atom. The molecule has 0 aliphatic carbocycles. The van der Waals surface area contributed by atoms with E-state index >= 15 is 0 Å². The van der Waals surface area contributed by atoms with Gasteiger partial charge in [0, 0.05) is 10.6 Å². The Bertz CT molecular complexity index is 477. The lowest BCUT2D eigenvalue weighted by atomic mass is 10.2. The maximum Gasteiger partial charge on any atom is 0.414 e. The highest BCUT2D eigenvalue weighted by Crippen LogP contribution is 2.16. The average Bonchev–Trinajstić information content (AvgIpc) is 2.48. The van der Waals surface area contributed by atoms with E-state index in [9.17, 15) is 9.59 Å². The van der Waals surface area contributed by atoms with Crippen LogP contribution in [-0.2, 0) is 9.53 Å². The van der Waals surface area contributed by atoms with Crippen molar-refractivity contribution in [2.24, 2.45) is 0 Å².